The highest BCUT2D eigenvalue weighted by Gasteiger charge is 2.28. The Labute approximate surface area is 184 Å². The van der Waals surface area contributed by atoms with Crippen molar-refractivity contribution in [2.45, 2.75) is 42.9 Å². The first-order valence-electron chi connectivity index (χ1n) is 10.1. The molecule has 1 aliphatic carbocycles. The Bertz CT molecular complexity index is 823. The Morgan fingerprint density at radius 2 is 2.00 bits per heavy atom. The van der Waals surface area contributed by atoms with Crippen molar-refractivity contribution in [3.05, 3.63) is 36.5 Å². The molecule has 3 rings (SSSR count). The van der Waals surface area contributed by atoms with Crippen LogP contribution < -0.4 is 10.1 Å². The third kappa shape index (κ3) is 6.91. The molecule has 2 amide bonds. The number of anilines is 1. The molecule has 7 nitrogen and oxygen atoms in total. The monoisotopic (exact) mass is 449 g/mol. The summed E-state index contributed by atoms with van der Waals surface area (Å²) in [5.74, 6) is 0.573. The molecule has 9 heteroatoms. The summed E-state index contributed by atoms with van der Waals surface area (Å²) in [4.78, 5) is 29.8. The number of hydrogen-bond donors (Lipinski definition) is 2. The lowest BCUT2D eigenvalue weighted by molar-refractivity contribution is -0.133. The summed E-state index contributed by atoms with van der Waals surface area (Å²) >= 11 is 2.48. The van der Waals surface area contributed by atoms with E-state index < -0.39 is 5.97 Å². The quantitative estimate of drug-likeness (QED) is 0.534. The molecule has 30 heavy (non-hydrogen) atoms. The van der Waals surface area contributed by atoms with Crippen LogP contribution in [-0.2, 0) is 4.79 Å². The van der Waals surface area contributed by atoms with E-state index in [-0.39, 0.29) is 17.8 Å². The van der Waals surface area contributed by atoms with Crippen molar-refractivity contribution in [1.29, 1.82) is 0 Å². The summed E-state index contributed by atoms with van der Waals surface area (Å²) in [6, 6.07) is 9.58. The van der Waals surface area contributed by atoms with Crippen LogP contribution in [0.4, 0.5) is 9.93 Å². The molecular weight excluding hydrogens is 422 g/mol. The van der Waals surface area contributed by atoms with E-state index in [1.165, 1.54) is 23.1 Å². The molecule has 1 heterocycles. The lowest BCUT2D eigenvalue weighted by Crippen LogP contribution is -2.46. The molecule has 2 N–H and O–H groups in total. The van der Waals surface area contributed by atoms with Crippen molar-refractivity contribution in [2.24, 2.45) is 5.92 Å². The van der Waals surface area contributed by atoms with E-state index in [9.17, 15) is 9.59 Å². The van der Waals surface area contributed by atoms with Crippen molar-refractivity contribution in [2.75, 3.05) is 24.2 Å². The summed E-state index contributed by atoms with van der Waals surface area (Å²) in [5, 5.41) is 12.2. The Hall–Kier alpha value is -2.26. The smallest absolute Gasteiger partial charge is 0.324 e. The number of ether oxygens (including phenoxy) is 1. The highest BCUT2D eigenvalue weighted by atomic mass is 32.2. The third-order valence-corrected chi connectivity index (χ3v) is 7.16. The number of carboxylic acid groups (broad SMARTS) is 1. The fourth-order valence-electron chi connectivity index (χ4n) is 3.46. The van der Waals surface area contributed by atoms with Gasteiger partial charge >= 0.3 is 12.0 Å². The Balaban J connectivity index is 1.60. The van der Waals surface area contributed by atoms with Crippen LogP contribution in [0.15, 0.2) is 40.7 Å². The van der Waals surface area contributed by atoms with Gasteiger partial charge in [-0.15, -0.1) is 11.8 Å². The summed E-state index contributed by atoms with van der Waals surface area (Å²) in [6.45, 7) is 3.16. The van der Waals surface area contributed by atoms with Crippen molar-refractivity contribution in [3.8, 4) is 5.75 Å². The first kappa shape index (κ1) is 22.4. The van der Waals surface area contributed by atoms with E-state index in [1.807, 2.05) is 35.2 Å². The average molecular weight is 450 g/mol. The predicted octanol–water partition coefficient (Wildman–Crippen LogP) is 4.81. The number of carboxylic acids is 1. The summed E-state index contributed by atoms with van der Waals surface area (Å²) in [6.07, 6.45) is 5.79. The zero-order chi connectivity index (χ0) is 21.3. The van der Waals surface area contributed by atoms with E-state index in [0.29, 0.717) is 24.2 Å². The van der Waals surface area contributed by atoms with Gasteiger partial charge in [-0.3, -0.25) is 10.1 Å². The van der Waals surface area contributed by atoms with Gasteiger partial charge in [-0.1, -0.05) is 36.5 Å². The maximum Gasteiger partial charge on any atom is 0.324 e. The van der Waals surface area contributed by atoms with Crippen molar-refractivity contribution < 1.29 is 19.4 Å². The molecular formula is C21H27N3O4S2. The average Bonchev–Trinajstić information content (AvgIpc) is 3.18. The van der Waals surface area contributed by atoms with Crippen LogP contribution in [-0.4, -0.2) is 51.9 Å². The summed E-state index contributed by atoms with van der Waals surface area (Å²) < 4.78 is 6.58. The van der Waals surface area contributed by atoms with Gasteiger partial charge < -0.3 is 14.7 Å². The van der Waals surface area contributed by atoms with Crippen molar-refractivity contribution in [1.82, 2.24) is 9.88 Å². The molecule has 162 valence electrons. The van der Waals surface area contributed by atoms with Crippen LogP contribution in [0, 0.1) is 5.92 Å². The summed E-state index contributed by atoms with van der Waals surface area (Å²) in [5.41, 5.74) is 0. The Morgan fingerprint density at radius 1 is 1.27 bits per heavy atom. The molecule has 1 aliphatic rings. The van der Waals surface area contributed by atoms with Gasteiger partial charge in [-0.2, -0.15) is 0 Å². The molecule has 0 bridgehead atoms. The van der Waals surface area contributed by atoms with E-state index >= 15 is 0 Å². The molecule has 0 atom stereocenters. The van der Waals surface area contributed by atoms with Crippen LogP contribution in [0.25, 0.3) is 0 Å². The van der Waals surface area contributed by atoms with Gasteiger partial charge in [-0.25, -0.2) is 9.78 Å². The zero-order valence-electron chi connectivity index (χ0n) is 17.0. The maximum absolute atomic E-state index is 13.0. The van der Waals surface area contributed by atoms with Crippen LogP contribution in [0.3, 0.4) is 0 Å². The molecule has 2 aromatic rings. The number of rotatable bonds is 9. The fourth-order valence-corrected chi connectivity index (χ4v) is 5.04. The van der Waals surface area contributed by atoms with Crippen molar-refractivity contribution in [3.63, 3.8) is 0 Å². The second kappa shape index (κ2) is 11.2. The molecule has 1 saturated carbocycles. The normalized spacial score (nSPS) is 18.6. The van der Waals surface area contributed by atoms with Gasteiger partial charge in [0.25, 0.3) is 0 Å². The lowest BCUT2D eigenvalue weighted by atomic mass is 9.86. The van der Waals surface area contributed by atoms with Gasteiger partial charge in [-0.05, 0) is 43.7 Å². The number of thiazole rings is 1. The van der Waals surface area contributed by atoms with Gasteiger partial charge in [0.2, 0.25) is 0 Å². The highest BCUT2D eigenvalue weighted by Crippen LogP contribution is 2.30. The number of amides is 2. The molecule has 1 aromatic carbocycles. The molecule has 0 aliphatic heterocycles. The second-order valence-electron chi connectivity index (χ2n) is 7.37. The van der Waals surface area contributed by atoms with Crippen LogP contribution in [0.2, 0.25) is 0 Å². The molecule has 1 fully saturated rings. The number of aromatic nitrogens is 1. The number of aliphatic carboxylic acids is 1. The number of carbonyl (C=O) groups excluding carboxylic acids is 1. The van der Waals surface area contributed by atoms with Crippen LogP contribution in [0.5, 0.6) is 5.75 Å². The van der Waals surface area contributed by atoms with E-state index in [1.54, 1.807) is 6.20 Å². The number of thioether (sulfide) groups is 1. The number of carbonyl (C=O) groups is 2. The van der Waals surface area contributed by atoms with E-state index in [2.05, 4.69) is 17.2 Å². The standard InChI is InChI=1S/C21H27N3O4S2/c1-15-7-9-16(10-8-15)24(11-12-28-17-5-3-2-4-6-17)21(27)23-20-22-13-19(30-20)29-14-18(25)26/h2-6,13,15-16H,7-12,14H2,1H3,(H,25,26)(H,22,23,27)/t15-,16-. The van der Waals surface area contributed by atoms with Crippen LogP contribution >= 0.6 is 23.1 Å². The van der Waals surface area contributed by atoms with Gasteiger partial charge in [0, 0.05) is 6.04 Å². The van der Waals surface area contributed by atoms with Gasteiger partial charge in [0.05, 0.1) is 22.7 Å². The first-order valence-corrected chi connectivity index (χ1v) is 11.9. The topological polar surface area (TPSA) is 91.8 Å². The van der Waals surface area contributed by atoms with E-state index in [4.69, 9.17) is 9.84 Å². The number of urea groups is 1. The van der Waals surface area contributed by atoms with Gasteiger partial charge in [0.1, 0.15) is 12.4 Å². The highest BCUT2D eigenvalue weighted by molar-refractivity contribution is 8.01. The Morgan fingerprint density at radius 3 is 2.70 bits per heavy atom. The summed E-state index contributed by atoms with van der Waals surface area (Å²) in [7, 11) is 0. The lowest BCUT2D eigenvalue weighted by Gasteiger charge is -2.36. The minimum Gasteiger partial charge on any atom is -0.492 e. The minimum atomic E-state index is -0.880. The first-order chi connectivity index (χ1) is 14.5. The van der Waals surface area contributed by atoms with E-state index in [0.717, 1.165) is 35.6 Å². The molecule has 1 aromatic heterocycles. The second-order valence-corrected chi connectivity index (χ2v) is 9.67. The van der Waals surface area contributed by atoms with Crippen molar-refractivity contribution >= 4 is 40.2 Å². The Kier molecular flexibility index (Phi) is 8.39. The zero-order valence-corrected chi connectivity index (χ0v) is 18.6. The number of nitrogens with zero attached hydrogens (tertiary/aromatic N) is 2. The molecule has 0 unspecified atom stereocenters. The molecule has 0 saturated heterocycles. The fraction of sp³-hybridized carbons (Fsp3) is 0.476. The number of benzene rings is 1. The number of nitrogens with one attached hydrogen (secondary N) is 1. The largest absolute Gasteiger partial charge is 0.492 e. The SMILES string of the molecule is C[C@H]1CC[C@H](N(CCOc2ccccc2)C(=O)Nc2ncc(SCC(=O)O)s2)CC1. The number of hydrogen-bond acceptors (Lipinski definition) is 6. The molecule has 0 spiro atoms. The van der Waals surface area contributed by atoms with Gasteiger partial charge in [0.15, 0.2) is 5.13 Å². The predicted molar refractivity (Wildman–Crippen MR) is 120 cm³/mol. The third-order valence-electron chi connectivity index (χ3n) is 5.07. The molecule has 0 radical (unpaired) electrons. The van der Waals surface area contributed by atoms with Crippen LogP contribution in [0.1, 0.15) is 32.6 Å². The minimum absolute atomic E-state index is 0.0290. The maximum atomic E-state index is 13.0. The number of para-hydroxylation sites is 1.